The molecule has 0 spiro atoms. The predicted octanol–water partition coefficient (Wildman–Crippen LogP) is 2.56. The molecule has 0 aliphatic heterocycles. The maximum atomic E-state index is 13.7. The maximum Gasteiger partial charge on any atom is 0.238 e. The Hall–Kier alpha value is -1.64. The number of hydrogen-bond donors (Lipinski definition) is 3. The lowest BCUT2D eigenvalue weighted by Crippen LogP contribution is -2.12. The van der Waals surface area contributed by atoms with Crippen molar-refractivity contribution in [2.45, 2.75) is 4.90 Å². The Morgan fingerprint density at radius 1 is 1.20 bits per heavy atom. The molecule has 20 heavy (non-hydrogen) atoms. The van der Waals surface area contributed by atoms with Crippen molar-refractivity contribution in [1.29, 1.82) is 0 Å². The van der Waals surface area contributed by atoms with Crippen molar-refractivity contribution in [2.24, 2.45) is 5.14 Å². The molecule has 0 saturated heterocycles. The third-order valence-corrected chi connectivity index (χ3v) is 4.15. The summed E-state index contributed by atoms with van der Waals surface area (Å²) in [7, 11) is -3.86. The highest BCUT2D eigenvalue weighted by atomic mass is 79.9. The number of nitrogen functional groups attached to an aromatic ring is 1. The molecule has 2 aromatic carbocycles. The zero-order valence-corrected chi connectivity index (χ0v) is 12.5. The number of anilines is 3. The Balaban J connectivity index is 2.49. The second-order valence-electron chi connectivity index (χ2n) is 4.02. The van der Waals surface area contributed by atoms with Gasteiger partial charge in [-0.2, -0.15) is 0 Å². The quantitative estimate of drug-likeness (QED) is 0.733. The van der Waals surface area contributed by atoms with E-state index in [2.05, 4.69) is 21.2 Å². The molecule has 0 aliphatic rings. The van der Waals surface area contributed by atoms with E-state index in [1.165, 1.54) is 30.3 Å². The van der Waals surface area contributed by atoms with Crippen LogP contribution in [0.2, 0.25) is 0 Å². The van der Waals surface area contributed by atoms with E-state index in [4.69, 9.17) is 10.9 Å². The SMILES string of the molecule is Nc1ccc(S(N)(=O)=O)cc1Nc1c(F)cccc1Br. The first kappa shape index (κ1) is 14.8. The lowest BCUT2D eigenvalue weighted by atomic mass is 10.2. The molecule has 0 aromatic heterocycles. The van der Waals surface area contributed by atoms with Crippen LogP contribution >= 0.6 is 15.9 Å². The van der Waals surface area contributed by atoms with Gasteiger partial charge in [0.2, 0.25) is 10.0 Å². The van der Waals surface area contributed by atoms with Gasteiger partial charge in [0.15, 0.2) is 0 Å². The lowest BCUT2D eigenvalue weighted by Gasteiger charge is -2.12. The zero-order valence-electron chi connectivity index (χ0n) is 10.1. The molecule has 0 bridgehead atoms. The molecular formula is C12H11BrFN3O2S. The standard InChI is InChI=1S/C12H11BrFN3O2S/c13-8-2-1-3-9(14)12(8)17-11-6-7(20(16,18)19)4-5-10(11)15/h1-6,17H,15H2,(H2,16,18,19). The van der Waals surface area contributed by atoms with E-state index in [1.54, 1.807) is 6.07 Å². The van der Waals surface area contributed by atoms with Crippen LogP contribution in [-0.4, -0.2) is 8.42 Å². The number of sulfonamides is 1. The predicted molar refractivity (Wildman–Crippen MR) is 79.6 cm³/mol. The number of primary sulfonamides is 1. The Bertz CT molecular complexity index is 745. The minimum atomic E-state index is -3.86. The van der Waals surface area contributed by atoms with Crippen LogP contribution in [0.3, 0.4) is 0 Å². The van der Waals surface area contributed by atoms with E-state index >= 15 is 0 Å². The summed E-state index contributed by atoms with van der Waals surface area (Å²) in [6, 6.07) is 8.37. The van der Waals surface area contributed by atoms with Gasteiger partial charge in [-0.1, -0.05) is 6.07 Å². The molecule has 0 heterocycles. The van der Waals surface area contributed by atoms with E-state index in [-0.39, 0.29) is 22.0 Å². The first-order valence-electron chi connectivity index (χ1n) is 5.42. The van der Waals surface area contributed by atoms with Crippen LogP contribution in [-0.2, 0) is 10.0 Å². The first-order valence-corrected chi connectivity index (χ1v) is 7.76. The van der Waals surface area contributed by atoms with Crippen LogP contribution < -0.4 is 16.2 Å². The molecule has 0 fully saturated rings. The highest BCUT2D eigenvalue weighted by Crippen LogP contribution is 2.31. The number of rotatable bonds is 3. The normalized spacial score (nSPS) is 11.3. The third-order valence-electron chi connectivity index (χ3n) is 2.58. The van der Waals surface area contributed by atoms with Crippen molar-refractivity contribution >= 4 is 43.0 Å². The molecule has 0 unspecified atom stereocenters. The van der Waals surface area contributed by atoms with E-state index in [1.807, 2.05) is 0 Å². The van der Waals surface area contributed by atoms with Crippen LogP contribution in [0.4, 0.5) is 21.5 Å². The average molecular weight is 360 g/mol. The van der Waals surface area contributed by atoms with Gasteiger partial charge in [0.1, 0.15) is 5.82 Å². The molecule has 106 valence electrons. The number of hydrogen-bond acceptors (Lipinski definition) is 4. The molecule has 5 N–H and O–H groups in total. The topological polar surface area (TPSA) is 98.2 Å². The van der Waals surface area contributed by atoms with Crippen LogP contribution in [0.1, 0.15) is 0 Å². The Morgan fingerprint density at radius 2 is 1.90 bits per heavy atom. The Kier molecular flexibility index (Phi) is 3.98. The monoisotopic (exact) mass is 359 g/mol. The molecule has 2 rings (SSSR count). The summed E-state index contributed by atoms with van der Waals surface area (Å²) in [6.07, 6.45) is 0. The summed E-state index contributed by atoms with van der Waals surface area (Å²) in [6.45, 7) is 0. The van der Waals surface area contributed by atoms with Gasteiger partial charge in [-0.05, 0) is 46.3 Å². The molecule has 2 aromatic rings. The highest BCUT2D eigenvalue weighted by Gasteiger charge is 2.13. The van der Waals surface area contributed by atoms with Crippen LogP contribution in [0.15, 0.2) is 45.8 Å². The maximum absolute atomic E-state index is 13.7. The second kappa shape index (κ2) is 5.39. The number of nitrogens with two attached hydrogens (primary N) is 2. The molecule has 0 atom stereocenters. The number of nitrogens with one attached hydrogen (secondary N) is 1. The first-order chi connectivity index (χ1) is 9.29. The number of para-hydroxylation sites is 1. The van der Waals surface area contributed by atoms with E-state index < -0.39 is 15.8 Å². The van der Waals surface area contributed by atoms with Gasteiger partial charge < -0.3 is 11.1 Å². The largest absolute Gasteiger partial charge is 0.397 e. The van der Waals surface area contributed by atoms with Gasteiger partial charge >= 0.3 is 0 Å². The van der Waals surface area contributed by atoms with Gasteiger partial charge in [-0.25, -0.2) is 17.9 Å². The van der Waals surface area contributed by atoms with Crippen LogP contribution in [0.5, 0.6) is 0 Å². The van der Waals surface area contributed by atoms with E-state index in [9.17, 15) is 12.8 Å². The smallest absolute Gasteiger partial charge is 0.238 e. The minimum Gasteiger partial charge on any atom is -0.397 e. The van der Waals surface area contributed by atoms with Gasteiger partial charge in [0.25, 0.3) is 0 Å². The summed E-state index contributed by atoms with van der Waals surface area (Å²) in [4.78, 5) is -0.110. The summed E-state index contributed by atoms with van der Waals surface area (Å²) >= 11 is 3.20. The summed E-state index contributed by atoms with van der Waals surface area (Å²) in [5, 5.41) is 7.80. The Labute approximate surface area is 124 Å². The van der Waals surface area contributed by atoms with Gasteiger partial charge in [-0.15, -0.1) is 0 Å². The molecule has 5 nitrogen and oxygen atoms in total. The summed E-state index contributed by atoms with van der Waals surface area (Å²) in [5.74, 6) is -0.500. The molecule has 0 aliphatic carbocycles. The van der Waals surface area contributed by atoms with Crippen LogP contribution in [0.25, 0.3) is 0 Å². The molecular weight excluding hydrogens is 349 g/mol. The van der Waals surface area contributed by atoms with Gasteiger partial charge in [0, 0.05) is 4.47 Å². The van der Waals surface area contributed by atoms with E-state index in [0.29, 0.717) is 4.47 Å². The van der Waals surface area contributed by atoms with Crippen molar-refractivity contribution in [3.63, 3.8) is 0 Å². The highest BCUT2D eigenvalue weighted by molar-refractivity contribution is 9.10. The molecule has 0 amide bonds. The zero-order chi connectivity index (χ0) is 14.9. The molecule has 0 saturated carbocycles. The summed E-state index contributed by atoms with van der Waals surface area (Å²) in [5.41, 5.74) is 6.43. The third kappa shape index (κ3) is 3.09. The van der Waals surface area contributed by atoms with Crippen molar-refractivity contribution in [3.8, 4) is 0 Å². The van der Waals surface area contributed by atoms with E-state index in [0.717, 1.165) is 0 Å². The van der Waals surface area contributed by atoms with Crippen molar-refractivity contribution in [1.82, 2.24) is 0 Å². The second-order valence-corrected chi connectivity index (χ2v) is 6.43. The lowest BCUT2D eigenvalue weighted by molar-refractivity contribution is 0.598. The Morgan fingerprint density at radius 3 is 2.50 bits per heavy atom. The minimum absolute atomic E-state index is 0.110. The molecule has 8 heteroatoms. The van der Waals surface area contributed by atoms with Gasteiger partial charge in [0.05, 0.1) is 22.0 Å². The van der Waals surface area contributed by atoms with Crippen molar-refractivity contribution in [2.75, 3.05) is 11.1 Å². The van der Waals surface area contributed by atoms with Crippen LogP contribution in [0, 0.1) is 5.82 Å². The fourth-order valence-electron chi connectivity index (χ4n) is 1.57. The summed E-state index contributed by atoms with van der Waals surface area (Å²) < 4.78 is 36.8. The average Bonchev–Trinajstić information content (AvgIpc) is 2.34. The molecule has 0 radical (unpaired) electrons. The fraction of sp³-hybridized carbons (Fsp3) is 0. The van der Waals surface area contributed by atoms with Crippen molar-refractivity contribution < 1.29 is 12.8 Å². The number of halogens is 2. The number of benzene rings is 2. The fourth-order valence-corrected chi connectivity index (χ4v) is 2.55. The van der Waals surface area contributed by atoms with Crippen molar-refractivity contribution in [3.05, 3.63) is 46.7 Å². The van der Waals surface area contributed by atoms with Gasteiger partial charge in [-0.3, -0.25) is 0 Å².